The molecule has 0 radical (unpaired) electrons. The number of carbonyl (C=O) groups excluding carboxylic acids is 1. The monoisotopic (exact) mass is 591 g/mol. The van der Waals surface area contributed by atoms with Crippen molar-refractivity contribution < 1.29 is 14.3 Å². The maximum atomic E-state index is 12.9. The number of nitrogens with zero attached hydrogens (tertiary/aromatic N) is 5. The molecule has 226 valence electrons. The van der Waals surface area contributed by atoms with Gasteiger partial charge in [0.1, 0.15) is 17.1 Å². The van der Waals surface area contributed by atoms with Gasteiger partial charge in [-0.15, -0.1) is 0 Å². The van der Waals surface area contributed by atoms with Crippen molar-refractivity contribution >= 4 is 34.7 Å². The largest absolute Gasteiger partial charge is 0.457 e. The average molecular weight is 592 g/mol. The number of ether oxygens (including phenoxy) is 2. The van der Waals surface area contributed by atoms with Crippen LogP contribution in [0.3, 0.4) is 0 Å². The number of carbonyl (C=O) groups is 1. The van der Waals surface area contributed by atoms with E-state index in [9.17, 15) is 4.79 Å². The number of rotatable bonds is 8. The van der Waals surface area contributed by atoms with E-state index in [4.69, 9.17) is 24.4 Å². The van der Waals surface area contributed by atoms with Crippen LogP contribution in [0.25, 0.3) is 11.2 Å². The third kappa shape index (κ3) is 7.08. The van der Waals surface area contributed by atoms with Crippen LogP contribution in [-0.2, 0) is 11.3 Å². The normalized spacial score (nSPS) is 15.2. The van der Waals surface area contributed by atoms with E-state index in [-0.39, 0.29) is 12.1 Å². The minimum atomic E-state index is -0.551. The predicted molar refractivity (Wildman–Crippen MR) is 171 cm³/mol. The highest BCUT2D eigenvalue weighted by Gasteiger charge is 2.30. The molecule has 3 heterocycles. The van der Waals surface area contributed by atoms with E-state index in [2.05, 4.69) is 27.3 Å². The first-order valence-corrected chi connectivity index (χ1v) is 14.9. The van der Waals surface area contributed by atoms with Crippen LogP contribution in [-0.4, -0.2) is 49.2 Å². The van der Waals surface area contributed by atoms with Crippen LogP contribution in [0.2, 0.25) is 0 Å². The van der Waals surface area contributed by atoms with Crippen LogP contribution in [0, 0.1) is 0 Å². The molecule has 3 aromatic carbocycles. The fraction of sp³-hybridized carbons (Fsp3) is 0.294. The van der Waals surface area contributed by atoms with Crippen LogP contribution in [0.1, 0.15) is 45.2 Å². The molecule has 2 aromatic heterocycles. The summed E-state index contributed by atoms with van der Waals surface area (Å²) < 4.78 is 13.7. The topological polar surface area (TPSA) is 106 Å². The first kappa shape index (κ1) is 29.0. The van der Waals surface area contributed by atoms with Crippen LogP contribution < -0.4 is 15.4 Å². The summed E-state index contributed by atoms with van der Waals surface area (Å²) in [6.45, 7) is 7.41. The molecule has 1 atom stereocenters. The number of benzene rings is 3. The van der Waals surface area contributed by atoms with E-state index in [0.29, 0.717) is 42.6 Å². The summed E-state index contributed by atoms with van der Waals surface area (Å²) in [6, 6.07) is 27.5. The number of likely N-dealkylation sites (tertiary alicyclic amines) is 1. The highest BCUT2D eigenvalue weighted by molar-refractivity contribution is 5.85. The SMILES string of the molecule is CC(C)(C)OC(=O)N1CCC[C@H](n2cnc3c(NCc4ccccc4)nc(Nc4ccc(Oc5ccccc5)cc4)nc32)C1. The number of piperidine rings is 1. The van der Waals surface area contributed by atoms with E-state index in [0.717, 1.165) is 35.6 Å². The van der Waals surface area contributed by atoms with Crippen LogP contribution >= 0.6 is 0 Å². The van der Waals surface area contributed by atoms with Crippen molar-refractivity contribution in [3.63, 3.8) is 0 Å². The fourth-order valence-corrected chi connectivity index (χ4v) is 5.18. The lowest BCUT2D eigenvalue weighted by Crippen LogP contribution is -2.43. The van der Waals surface area contributed by atoms with E-state index in [1.807, 2.05) is 93.6 Å². The molecule has 5 aromatic rings. The number of hydrogen-bond donors (Lipinski definition) is 2. The van der Waals surface area contributed by atoms with Crippen LogP contribution in [0.15, 0.2) is 91.3 Å². The third-order valence-corrected chi connectivity index (χ3v) is 7.26. The Labute approximate surface area is 257 Å². The van der Waals surface area contributed by atoms with Crippen molar-refractivity contribution in [1.82, 2.24) is 24.4 Å². The summed E-state index contributed by atoms with van der Waals surface area (Å²) >= 11 is 0. The zero-order valence-corrected chi connectivity index (χ0v) is 25.2. The molecule has 1 aliphatic heterocycles. The van der Waals surface area contributed by atoms with Crippen molar-refractivity contribution in [2.45, 2.75) is 51.8 Å². The molecule has 6 rings (SSSR count). The molecule has 0 spiro atoms. The Balaban J connectivity index is 1.27. The van der Waals surface area contributed by atoms with E-state index >= 15 is 0 Å². The quantitative estimate of drug-likeness (QED) is 0.191. The molecule has 44 heavy (non-hydrogen) atoms. The van der Waals surface area contributed by atoms with Gasteiger partial charge in [0.15, 0.2) is 17.0 Å². The molecule has 0 saturated carbocycles. The smallest absolute Gasteiger partial charge is 0.410 e. The van der Waals surface area contributed by atoms with Gasteiger partial charge in [0.2, 0.25) is 5.95 Å². The maximum absolute atomic E-state index is 12.9. The summed E-state index contributed by atoms with van der Waals surface area (Å²) in [6.07, 6.45) is 3.26. The van der Waals surface area contributed by atoms with E-state index in [1.54, 1.807) is 11.2 Å². The molecule has 0 bridgehead atoms. The summed E-state index contributed by atoms with van der Waals surface area (Å²) in [5.74, 6) is 2.57. The van der Waals surface area contributed by atoms with Gasteiger partial charge >= 0.3 is 6.09 Å². The molecule has 1 fully saturated rings. The minimum Gasteiger partial charge on any atom is -0.457 e. The standard InChI is InChI=1S/C34H37N7O3/c1-34(2,3)44-33(42)40-20-10-13-26(22-40)41-23-36-29-30(35-21-24-11-6-4-7-12-24)38-32(39-31(29)41)37-25-16-18-28(19-17-25)43-27-14-8-5-9-15-27/h4-9,11-12,14-19,23,26H,10,13,20-22H2,1-3H3,(H2,35,37,38,39)/t26-/m0/s1. The lowest BCUT2D eigenvalue weighted by Gasteiger charge is -2.34. The van der Waals surface area contributed by atoms with E-state index < -0.39 is 5.60 Å². The molecular formula is C34H37N7O3. The molecular weight excluding hydrogens is 554 g/mol. The number of fused-ring (bicyclic) bond motifs is 1. The van der Waals surface area contributed by atoms with Gasteiger partial charge in [0.25, 0.3) is 0 Å². The van der Waals surface area contributed by atoms with Crippen molar-refractivity contribution in [2.24, 2.45) is 0 Å². The number of para-hydroxylation sites is 1. The van der Waals surface area contributed by atoms with Gasteiger partial charge in [-0.25, -0.2) is 9.78 Å². The summed E-state index contributed by atoms with van der Waals surface area (Å²) in [5.41, 5.74) is 2.76. The van der Waals surface area contributed by atoms with Crippen molar-refractivity contribution in [3.05, 3.63) is 96.8 Å². The molecule has 0 aliphatic carbocycles. The lowest BCUT2D eigenvalue weighted by atomic mass is 10.1. The Morgan fingerprint density at radius 3 is 2.36 bits per heavy atom. The van der Waals surface area contributed by atoms with Gasteiger partial charge in [-0.05, 0) is 75.6 Å². The van der Waals surface area contributed by atoms with Crippen molar-refractivity contribution in [1.29, 1.82) is 0 Å². The third-order valence-electron chi connectivity index (χ3n) is 7.26. The second kappa shape index (κ2) is 12.6. The predicted octanol–water partition coefficient (Wildman–Crippen LogP) is 7.55. The molecule has 10 heteroatoms. The van der Waals surface area contributed by atoms with Crippen LogP contribution in [0.5, 0.6) is 11.5 Å². The van der Waals surface area contributed by atoms with Gasteiger partial charge < -0.3 is 29.6 Å². The molecule has 10 nitrogen and oxygen atoms in total. The Kier molecular flexibility index (Phi) is 8.31. The van der Waals surface area contributed by atoms with Gasteiger partial charge in [-0.3, -0.25) is 0 Å². The van der Waals surface area contributed by atoms with Crippen molar-refractivity contribution in [3.8, 4) is 11.5 Å². The van der Waals surface area contributed by atoms with Crippen LogP contribution in [0.4, 0.5) is 22.2 Å². The molecule has 2 N–H and O–H groups in total. The average Bonchev–Trinajstić information content (AvgIpc) is 3.45. The number of amides is 1. The van der Waals surface area contributed by atoms with Crippen molar-refractivity contribution in [2.75, 3.05) is 23.7 Å². The zero-order chi connectivity index (χ0) is 30.5. The van der Waals surface area contributed by atoms with Gasteiger partial charge in [0.05, 0.1) is 12.4 Å². The Morgan fingerprint density at radius 2 is 1.64 bits per heavy atom. The first-order valence-electron chi connectivity index (χ1n) is 14.9. The second-order valence-corrected chi connectivity index (χ2v) is 11.8. The van der Waals surface area contributed by atoms with Gasteiger partial charge in [-0.1, -0.05) is 48.5 Å². The lowest BCUT2D eigenvalue weighted by molar-refractivity contribution is 0.0174. The summed E-state index contributed by atoms with van der Waals surface area (Å²) in [4.78, 5) is 29.1. The summed E-state index contributed by atoms with van der Waals surface area (Å²) in [5, 5.41) is 6.82. The summed E-state index contributed by atoms with van der Waals surface area (Å²) in [7, 11) is 0. The zero-order valence-electron chi connectivity index (χ0n) is 25.2. The van der Waals surface area contributed by atoms with E-state index in [1.165, 1.54) is 0 Å². The number of imidazole rings is 1. The molecule has 1 aliphatic rings. The molecule has 0 unspecified atom stereocenters. The Hall–Kier alpha value is -5.12. The number of hydrogen-bond acceptors (Lipinski definition) is 8. The van der Waals surface area contributed by atoms with Gasteiger partial charge in [0, 0.05) is 25.3 Å². The Morgan fingerprint density at radius 1 is 0.932 bits per heavy atom. The number of nitrogens with one attached hydrogen (secondary N) is 2. The molecule has 1 amide bonds. The second-order valence-electron chi connectivity index (χ2n) is 11.8. The first-order chi connectivity index (χ1) is 21.3. The highest BCUT2D eigenvalue weighted by Crippen LogP contribution is 2.30. The minimum absolute atomic E-state index is 0.000380. The number of aromatic nitrogens is 4. The maximum Gasteiger partial charge on any atom is 0.410 e. The fourth-order valence-electron chi connectivity index (χ4n) is 5.18. The highest BCUT2D eigenvalue weighted by atomic mass is 16.6. The van der Waals surface area contributed by atoms with Gasteiger partial charge in [-0.2, -0.15) is 9.97 Å². The Bertz CT molecular complexity index is 1700. The number of anilines is 3. The molecule has 1 saturated heterocycles.